The zero-order valence-corrected chi connectivity index (χ0v) is 13.1. The zero-order valence-electron chi connectivity index (χ0n) is 13.1. The van der Waals surface area contributed by atoms with Gasteiger partial charge in [-0.05, 0) is 32.0 Å². The van der Waals surface area contributed by atoms with Crippen molar-refractivity contribution in [2.75, 3.05) is 7.11 Å². The summed E-state index contributed by atoms with van der Waals surface area (Å²) in [6.07, 6.45) is 1.17. The molecule has 0 aliphatic carbocycles. The van der Waals surface area contributed by atoms with E-state index in [2.05, 4.69) is 9.72 Å². The second-order valence-electron chi connectivity index (χ2n) is 5.16. The molecule has 7 heteroatoms. The molecule has 0 spiro atoms. The molecule has 0 atom stereocenters. The molecule has 0 bridgehead atoms. The van der Waals surface area contributed by atoms with Crippen molar-refractivity contribution in [2.45, 2.75) is 26.4 Å². The quantitative estimate of drug-likeness (QED) is 0.792. The lowest BCUT2D eigenvalue weighted by Gasteiger charge is -2.25. The number of nitrogens with zero attached hydrogens (tertiary/aromatic N) is 2. The Labute approximate surface area is 132 Å². The summed E-state index contributed by atoms with van der Waals surface area (Å²) >= 11 is 0. The van der Waals surface area contributed by atoms with E-state index in [0.29, 0.717) is 0 Å². The molecule has 122 valence electrons. The fourth-order valence-electron chi connectivity index (χ4n) is 2.00. The maximum absolute atomic E-state index is 13.3. The lowest BCUT2D eigenvalue weighted by Crippen LogP contribution is -2.36. The van der Waals surface area contributed by atoms with E-state index in [1.807, 2.05) is 13.8 Å². The predicted octanol–water partition coefficient (Wildman–Crippen LogP) is 2.65. The van der Waals surface area contributed by atoms with Crippen molar-refractivity contribution in [1.29, 1.82) is 0 Å². The van der Waals surface area contributed by atoms with E-state index in [0.717, 1.165) is 0 Å². The first-order valence-corrected chi connectivity index (χ1v) is 7.01. The smallest absolute Gasteiger partial charge is 0.360 e. The molecule has 2 rings (SSSR count). The lowest BCUT2D eigenvalue weighted by molar-refractivity contribution is 0.0593. The largest absolute Gasteiger partial charge is 0.464 e. The molecule has 0 aliphatic heterocycles. The van der Waals surface area contributed by atoms with Gasteiger partial charge in [-0.3, -0.25) is 4.79 Å². The monoisotopic (exact) mass is 320 g/mol. The molecule has 0 fully saturated rings. The van der Waals surface area contributed by atoms with Gasteiger partial charge < -0.3 is 14.1 Å². The Bertz CT molecular complexity index is 712. The van der Waals surface area contributed by atoms with Crippen LogP contribution in [0.15, 0.2) is 34.9 Å². The average Bonchev–Trinajstić information content (AvgIpc) is 2.99. The lowest BCUT2D eigenvalue weighted by atomic mass is 10.1. The van der Waals surface area contributed by atoms with E-state index >= 15 is 0 Å². The number of carbonyl (C=O) groups excluding carboxylic acids is 2. The van der Waals surface area contributed by atoms with Crippen LogP contribution in [0.1, 0.15) is 40.6 Å². The molecule has 1 amide bonds. The number of methoxy groups -OCH3 is 1. The standard InChI is InChI=1S/C16H17FN2O4/c1-10(2)19(15(20)11-5-4-6-12(17)7-11)8-14-18-13(9-23-14)16(21)22-3/h4-7,9-10H,8H2,1-3H3. The van der Waals surface area contributed by atoms with E-state index in [4.69, 9.17) is 4.42 Å². The average molecular weight is 320 g/mol. The fourth-order valence-corrected chi connectivity index (χ4v) is 2.00. The Morgan fingerprint density at radius 3 is 2.74 bits per heavy atom. The van der Waals surface area contributed by atoms with Gasteiger partial charge >= 0.3 is 5.97 Å². The summed E-state index contributed by atoms with van der Waals surface area (Å²) in [7, 11) is 1.24. The highest BCUT2D eigenvalue weighted by molar-refractivity contribution is 5.94. The summed E-state index contributed by atoms with van der Waals surface area (Å²) in [6, 6.07) is 5.29. The Balaban J connectivity index is 2.20. The summed E-state index contributed by atoms with van der Waals surface area (Å²) in [5.74, 6) is -1.25. The first-order chi connectivity index (χ1) is 10.9. The van der Waals surface area contributed by atoms with Gasteiger partial charge in [-0.2, -0.15) is 0 Å². The molecule has 23 heavy (non-hydrogen) atoms. The normalized spacial score (nSPS) is 10.7. The predicted molar refractivity (Wildman–Crippen MR) is 79.3 cm³/mol. The number of hydrogen-bond acceptors (Lipinski definition) is 5. The number of benzene rings is 1. The van der Waals surface area contributed by atoms with Gasteiger partial charge in [-0.25, -0.2) is 14.2 Å². The van der Waals surface area contributed by atoms with E-state index in [-0.39, 0.29) is 35.6 Å². The summed E-state index contributed by atoms with van der Waals surface area (Å²) < 4.78 is 23.0. The van der Waals surface area contributed by atoms with Crippen LogP contribution in [0.2, 0.25) is 0 Å². The van der Waals surface area contributed by atoms with Crippen LogP contribution in [-0.2, 0) is 11.3 Å². The van der Waals surface area contributed by atoms with Crippen LogP contribution in [0.3, 0.4) is 0 Å². The summed E-state index contributed by atoms with van der Waals surface area (Å²) in [5.41, 5.74) is 0.267. The molecule has 0 saturated heterocycles. The van der Waals surface area contributed by atoms with Gasteiger partial charge in [0.1, 0.15) is 12.1 Å². The van der Waals surface area contributed by atoms with Crippen LogP contribution in [-0.4, -0.2) is 34.9 Å². The number of hydrogen-bond donors (Lipinski definition) is 0. The molecule has 0 aliphatic rings. The Morgan fingerprint density at radius 2 is 2.13 bits per heavy atom. The van der Waals surface area contributed by atoms with Gasteiger partial charge in [-0.15, -0.1) is 0 Å². The molecular formula is C16H17FN2O4. The molecule has 0 unspecified atom stereocenters. The summed E-state index contributed by atoms with van der Waals surface area (Å²) in [5, 5.41) is 0. The van der Waals surface area contributed by atoms with Gasteiger partial charge in [0.25, 0.3) is 5.91 Å². The number of ether oxygens (including phenoxy) is 1. The Hall–Kier alpha value is -2.70. The highest BCUT2D eigenvalue weighted by Gasteiger charge is 2.22. The van der Waals surface area contributed by atoms with Crippen molar-refractivity contribution in [1.82, 2.24) is 9.88 Å². The molecule has 0 N–H and O–H groups in total. The number of oxazole rings is 1. The van der Waals surface area contributed by atoms with Crippen LogP contribution < -0.4 is 0 Å². The highest BCUT2D eigenvalue weighted by atomic mass is 19.1. The first kappa shape index (κ1) is 16.7. The van der Waals surface area contributed by atoms with E-state index in [1.54, 1.807) is 0 Å². The minimum Gasteiger partial charge on any atom is -0.464 e. The number of esters is 1. The molecule has 0 saturated carbocycles. The van der Waals surface area contributed by atoms with Crippen LogP contribution in [0.5, 0.6) is 0 Å². The molecule has 1 aromatic heterocycles. The second-order valence-corrected chi connectivity index (χ2v) is 5.16. The Morgan fingerprint density at radius 1 is 1.39 bits per heavy atom. The van der Waals surface area contributed by atoms with Gasteiger partial charge in [-0.1, -0.05) is 6.07 Å². The van der Waals surface area contributed by atoms with Crippen molar-refractivity contribution in [3.05, 3.63) is 53.5 Å². The third kappa shape index (κ3) is 3.94. The maximum atomic E-state index is 13.3. The van der Waals surface area contributed by atoms with Crippen molar-refractivity contribution >= 4 is 11.9 Å². The van der Waals surface area contributed by atoms with E-state index < -0.39 is 11.8 Å². The van der Waals surface area contributed by atoms with E-state index in [1.165, 1.54) is 42.5 Å². The maximum Gasteiger partial charge on any atom is 0.360 e. The van der Waals surface area contributed by atoms with Crippen molar-refractivity contribution in [2.24, 2.45) is 0 Å². The molecule has 6 nitrogen and oxygen atoms in total. The number of rotatable bonds is 5. The number of halogens is 1. The van der Waals surface area contributed by atoms with Crippen molar-refractivity contribution in [3.63, 3.8) is 0 Å². The van der Waals surface area contributed by atoms with Crippen LogP contribution >= 0.6 is 0 Å². The molecule has 1 heterocycles. The fraction of sp³-hybridized carbons (Fsp3) is 0.312. The topological polar surface area (TPSA) is 72.6 Å². The minimum atomic E-state index is -0.618. The van der Waals surface area contributed by atoms with Crippen molar-refractivity contribution in [3.8, 4) is 0 Å². The first-order valence-electron chi connectivity index (χ1n) is 7.01. The van der Waals surface area contributed by atoms with Crippen LogP contribution in [0, 0.1) is 5.82 Å². The molecule has 1 aromatic carbocycles. The highest BCUT2D eigenvalue weighted by Crippen LogP contribution is 2.14. The van der Waals surface area contributed by atoms with Crippen LogP contribution in [0.25, 0.3) is 0 Å². The van der Waals surface area contributed by atoms with Gasteiger partial charge in [0.05, 0.1) is 13.7 Å². The van der Waals surface area contributed by atoms with E-state index in [9.17, 15) is 14.0 Å². The minimum absolute atomic E-state index is 0.0319. The third-order valence-corrected chi connectivity index (χ3v) is 3.21. The number of carbonyl (C=O) groups is 2. The summed E-state index contributed by atoms with van der Waals surface area (Å²) in [6.45, 7) is 3.70. The molecular weight excluding hydrogens is 303 g/mol. The molecule has 2 aromatic rings. The third-order valence-electron chi connectivity index (χ3n) is 3.21. The summed E-state index contributed by atoms with van der Waals surface area (Å²) in [4.78, 5) is 29.4. The van der Waals surface area contributed by atoms with Gasteiger partial charge in [0, 0.05) is 11.6 Å². The van der Waals surface area contributed by atoms with Crippen LogP contribution in [0.4, 0.5) is 4.39 Å². The SMILES string of the molecule is COC(=O)c1coc(CN(C(=O)c2cccc(F)c2)C(C)C)n1. The number of amides is 1. The van der Waals surface area contributed by atoms with Gasteiger partial charge in [0.2, 0.25) is 5.89 Å². The number of aromatic nitrogens is 1. The second kappa shape index (κ2) is 7.04. The van der Waals surface area contributed by atoms with Crippen molar-refractivity contribution < 1.29 is 23.1 Å². The molecule has 0 radical (unpaired) electrons. The zero-order chi connectivity index (χ0) is 17.0. The Kier molecular flexibility index (Phi) is 5.10. The van der Waals surface area contributed by atoms with Gasteiger partial charge in [0.15, 0.2) is 5.69 Å².